The van der Waals surface area contributed by atoms with Gasteiger partial charge in [0.15, 0.2) is 0 Å². The maximum atomic E-state index is 7.89. The Morgan fingerprint density at radius 1 is 0.730 bits per heavy atom. The predicted molar refractivity (Wildman–Crippen MR) is 161 cm³/mol. The van der Waals surface area contributed by atoms with E-state index in [1.807, 2.05) is 0 Å². The summed E-state index contributed by atoms with van der Waals surface area (Å²) >= 11 is 0. The zero-order valence-electron chi connectivity index (χ0n) is 23.9. The third-order valence-electron chi connectivity index (χ3n) is 10.3. The van der Waals surface area contributed by atoms with Crippen LogP contribution in [0.25, 0.3) is 0 Å². The molecule has 2 nitrogen and oxygen atoms in total. The van der Waals surface area contributed by atoms with Gasteiger partial charge >= 0.3 is 0 Å². The number of nitrogens with two attached hydrogens (primary N) is 1. The highest BCUT2D eigenvalue weighted by atomic mass is 14.5. The van der Waals surface area contributed by atoms with Gasteiger partial charge in [-0.1, -0.05) is 62.5 Å². The molecule has 5 unspecified atom stereocenters. The molecule has 37 heavy (non-hydrogen) atoms. The Bertz CT molecular complexity index is 796. The summed E-state index contributed by atoms with van der Waals surface area (Å²) in [7, 11) is 0. The van der Waals surface area contributed by atoms with Crippen LogP contribution in [0.1, 0.15) is 97.3 Å². The third kappa shape index (κ3) is 8.29. The van der Waals surface area contributed by atoms with Gasteiger partial charge in [-0.15, -0.1) is 0 Å². The van der Waals surface area contributed by atoms with E-state index in [4.69, 9.17) is 11.1 Å². The van der Waals surface area contributed by atoms with Gasteiger partial charge in [0.2, 0.25) is 0 Å². The molecule has 1 fully saturated rings. The minimum absolute atomic E-state index is 0.434. The van der Waals surface area contributed by atoms with E-state index in [0.717, 1.165) is 67.2 Å². The maximum Gasteiger partial charge on any atom is 0.0000374 e. The van der Waals surface area contributed by atoms with E-state index < -0.39 is 0 Å². The minimum atomic E-state index is 0.434. The largest absolute Gasteiger partial charge is 0.330 e. The van der Waals surface area contributed by atoms with Gasteiger partial charge in [0, 0.05) is 5.92 Å². The number of rotatable bonds is 11. The molecule has 0 aliphatic heterocycles. The number of hydrogen-bond donors (Lipinski definition) is 2. The Hall–Kier alpha value is -1.41. The first-order valence-corrected chi connectivity index (χ1v) is 16.0. The third-order valence-corrected chi connectivity index (χ3v) is 10.3. The highest BCUT2D eigenvalue weighted by Gasteiger charge is 2.32. The number of allylic oxidation sites excluding steroid dienone is 8. The summed E-state index contributed by atoms with van der Waals surface area (Å²) in [6.07, 6.45) is 39.2. The summed E-state index contributed by atoms with van der Waals surface area (Å²) in [6.45, 7) is 5.38. The molecule has 0 bridgehead atoms. The molecule has 0 saturated heterocycles. The predicted octanol–water partition coefficient (Wildman–Crippen LogP) is 9.15. The van der Waals surface area contributed by atoms with Crippen molar-refractivity contribution in [2.45, 2.75) is 97.3 Å². The van der Waals surface area contributed by atoms with E-state index in [-0.39, 0.29) is 0 Å². The SMILES string of the molecule is CC(C)CC(C=N)[C@@H]1C=CC(C2C=CC([C@@H]3C=CC(C4CCC(/C=C/CCCN)CC4)CC3)CC2)CC1. The fourth-order valence-corrected chi connectivity index (χ4v) is 7.97. The molecule has 0 heterocycles. The molecule has 7 atom stereocenters. The first-order chi connectivity index (χ1) is 18.1. The van der Waals surface area contributed by atoms with Crippen molar-refractivity contribution in [3.63, 3.8) is 0 Å². The van der Waals surface area contributed by atoms with Crippen LogP contribution in [0.2, 0.25) is 0 Å². The van der Waals surface area contributed by atoms with Crippen molar-refractivity contribution in [2.75, 3.05) is 6.54 Å². The van der Waals surface area contributed by atoms with Gasteiger partial charge in [0.1, 0.15) is 0 Å². The zero-order valence-corrected chi connectivity index (χ0v) is 23.9. The van der Waals surface area contributed by atoms with Crippen LogP contribution in [0.3, 0.4) is 0 Å². The summed E-state index contributed by atoms with van der Waals surface area (Å²) in [5.74, 6) is 7.25. The fourth-order valence-electron chi connectivity index (χ4n) is 7.97. The Labute approximate surface area is 228 Å². The lowest BCUT2D eigenvalue weighted by atomic mass is 9.68. The molecule has 206 valence electrons. The lowest BCUT2D eigenvalue weighted by Crippen LogP contribution is -2.27. The van der Waals surface area contributed by atoms with Gasteiger partial charge in [0.05, 0.1) is 0 Å². The maximum absolute atomic E-state index is 7.89. The van der Waals surface area contributed by atoms with Crippen LogP contribution in [-0.2, 0) is 0 Å². The molecule has 0 aromatic carbocycles. The fraction of sp³-hybridized carbons (Fsp3) is 0.743. The number of hydrogen-bond acceptors (Lipinski definition) is 2. The molecule has 4 rings (SSSR count). The van der Waals surface area contributed by atoms with E-state index >= 15 is 0 Å². The van der Waals surface area contributed by atoms with E-state index in [1.54, 1.807) is 6.21 Å². The minimum Gasteiger partial charge on any atom is -0.330 e. The molecule has 0 spiro atoms. The van der Waals surface area contributed by atoms with Crippen molar-refractivity contribution in [1.82, 2.24) is 0 Å². The van der Waals surface area contributed by atoms with Crippen molar-refractivity contribution >= 4 is 6.21 Å². The van der Waals surface area contributed by atoms with Crippen LogP contribution < -0.4 is 5.73 Å². The molecule has 3 N–H and O–H groups in total. The summed E-state index contributed by atoms with van der Waals surface area (Å²) in [5, 5.41) is 7.89. The topological polar surface area (TPSA) is 49.9 Å². The van der Waals surface area contributed by atoms with Gasteiger partial charge in [-0.05, 0) is 149 Å². The smallest absolute Gasteiger partial charge is 0.0000374 e. The summed E-state index contributed by atoms with van der Waals surface area (Å²) in [6, 6.07) is 0. The van der Waals surface area contributed by atoms with E-state index in [1.165, 1.54) is 64.2 Å². The molecule has 2 heteroatoms. The standard InChI is InChI=1S/C35H56N2/c1-26(2)24-35(25-37)34-21-19-33(20-22-34)32-17-15-31(16-18-32)30-13-11-29(12-14-30)28-9-7-27(8-10-28)6-4-3-5-23-36/h4,6,11,13,15,17,19,21,25-35,37H,3,5,7-10,12,14,16,18,20,22-24,36H2,1-2H3/b6-4+,37-25?/t27?,28?,29?,30-,31?,32?,33?,34-,35?/m1/s1. The quantitative estimate of drug-likeness (QED) is 0.164. The van der Waals surface area contributed by atoms with Crippen molar-refractivity contribution in [3.05, 3.63) is 48.6 Å². The van der Waals surface area contributed by atoms with Gasteiger partial charge in [-0.2, -0.15) is 0 Å². The Morgan fingerprint density at radius 2 is 1.27 bits per heavy atom. The Kier molecular flexibility index (Phi) is 11.3. The molecular formula is C35H56N2. The molecule has 0 amide bonds. The summed E-state index contributed by atoms with van der Waals surface area (Å²) < 4.78 is 0. The first-order valence-electron chi connectivity index (χ1n) is 16.0. The first kappa shape index (κ1) is 28.6. The van der Waals surface area contributed by atoms with Crippen molar-refractivity contribution in [3.8, 4) is 0 Å². The zero-order chi connectivity index (χ0) is 26.0. The second kappa shape index (κ2) is 14.7. The molecule has 4 aliphatic rings. The summed E-state index contributed by atoms with van der Waals surface area (Å²) in [5.41, 5.74) is 5.62. The monoisotopic (exact) mass is 504 g/mol. The second-order valence-electron chi connectivity index (χ2n) is 13.4. The normalized spacial score (nSPS) is 37.3. The van der Waals surface area contributed by atoms with Crippen molar-refractivity contribution in [1.29, 1.82) is 5.41 Å². The molecular weight excluding hydrogens is 448 g/mol. The van der Waals surface area contributed by atoms with E-state index in [9.17, 15) is 0 Å². The Morgan fingerprint density at radius 3 is 1.73 bits per heavy atom. The highest BCUT2D eigenvalue weighted by molar-refractivity contribution is 5.57. The van der Waals surface area contributed by atoms with Crippen molar-refractivity contribution < 1.29 is 0 Å². The van der Waals surface area contributed by atoms with Crippen LogP contribution in [0.4, 0.5) is 0 Å². The highest BCUT2D eigenvalue weighted by Crippen LogP contribution is 2.43. The molecule has 0 aromatic rings. The van der Waals surface area contributed by atoms with E-state index in [0.29, 0.717) is 17.8 Å². The van der Waals surface area contributed by atoms with Crippen LogP contribution in [0.5, 0.6) is 0 Å². The van der Waals surface area contributed by atoms with Crippen LogP contribution in [0, 0.1) is 64.6 Å². The average Bonchev–Trinajstić information content (AvgIpc) is 2.95. The number of unbranched alkanes of at least 4 members (excludes halogenated alkanes) is 1. The molecule has 0 radical (unpaired) electrons. The molecule has 0 aromatic heterocycles. The average molecular weight is 505 g/mol. The Balaban J connectivity index is 1.20. The lowest BCUT2D eigenvalue weighted by molar-refractivity contribution is 0.220. The lowest BCUT2D eigenvalue weighted by Gasteiger charge is -2.37. The summed E-state index contributed by atoms with van der Waals surface area (Å²) in [4.78, 5) is 0. The van der Waals surface area contributed by atoms with Gasteiger partial charge in [-0.3, -0.25) is 0 Å². The number of nitrogens with one attached hydrogen (secondary N) is 1. The van der Waals surface area contributed by atoms with Gasteiger partial charge in [0.25, 0.3) is 0 Å². The van der Waals surface area contributed by atoms with Crippen molar-refractivity contribution in [2.24, 2.45) is 64.9 Å². The van der Waals surface area contributed by atoms with Crippen LogP contribution >= 0.6 is 0 Å². The molecule has 1 saturated carbocycles. The van der Waals surface area contributed by atoms with Gasteiger partial charge in [-0.25, -0.2) is 0 Å². The molecule has 4 aliphatic carbocycles. The van der Waals surface area contributed by atoms with Crippen LogP contribution in [0.15, 0.2) is 48.6 Å². The van der Waals surface area contributed by atoms with E-state index in [2.05, 4.69) is 62.5 Å². The van der Waals surface area contributed by atoms with Gasteiger partial charge < -0.3 is 11.1 Å². The second-order valence-corrected chi connectivity index (χ2v) is 13.4. The van der Waals surface area contributed by atoms with Crippen LogP contribution in [-0.4, -0.2) is 12.8 Å².